The molecule has 0 aromatic rings. The lowest BCUT2D eigenvalue weighted by molar-refractivity contribution is -0.150. The van der Waals surface area contributed by atoms with Crippen LogP contribution in [0.4, 0.5) is 0 Å². The van der Waals surface area contributed by atoms with Crippen LogP contribution < -0.4 is 0 Å². The van der Waals surface area contributed by atoms with E-state index in [4.69, 9.17) is 9.16 Å². The standard InChI is InChI=1S/C16H30O4Si/c1-10(2)13-12(20-21(7,8)16(3,4)5)9-11(17)14(13)15(18)19-6/h10,12-14H,9H2,1-8H3/t12-,13+,14+/m0/s1. The maximum absolute atomic E-state index is 12.3. The van der Waals surface area contributed by atoms with Crippen LogP contribution in [0.1, 0.15) is 41.0 Å². The minimum absolute atomic E-state index is 0.0377. The largest absolute Gasteiger partial charge is 0.468 e. The first-order valence-corrected chi connectivity index (χ1v) is 10.6. The van der Waals surface area contributed by atoms with Crippen LogP contribution in [0.15, 0.2) is 0 Å². The molecule has 0 bridgehead atoms. The number of hydrogen-bond acceptors (Lipinski definition) is 4. The Labute approximate surface area is 129 Å². The van der Waals surface area contributed by atoms with Gasteiger partial charge in [-0.15, -0.1) is 0 Å². The minimum Gasteiger partial charge on any atom is -0.468 e. The van der Waals surface area contributed by atoms with Crippen LogP contribution in [0.25, 0.3) is 0 Å². The predicted octanol–water partition coefficient (Wildman–Crippen LogP) is 3.41. The zero-order valence-corrected chi connectivity index (χ0v) is 15.6. The Kier molecular flexibility index (Phi) is 5.43. The summed E-state index contributed by atoms with van der Waals surface area (Å²) < 4.78 is 11.3. The second-order valence-electron chi connectivity index (χ2n) is 7.91. The molecule has 0 aromatic heterocycles. The van der Waals surface area contributed by atoms with Crippen LogP contribution in [0.3, 0.4) is 0 Å². The number of carbonyl (C=O) groups excluding carboxylic acids is 2. The van der Waals surface area contributed by atoms with E-state index in [2.05, 4.69) is 33.9 Å². The fourth-order valence-corrected chi connectivity index (χ4v) is 4.15. The Hall–Kier alpha value is -0.683. The molecular formula is C16H30O4Si. The molecule has 21 heavy (non-hydrogen) atoms. The number of carbonyl (C=O) groups is 2. The highest BCUT2D eigenvalue weighted by Crippen LogP contribution is 2.43. The first kappa shape index (κ1) is 18.4. The van der Waals surface area contributed by atoms with Crippen molar-refractivity contribution >= 4 is 20.1 Å². The topological polar surface area (TPSA) is 52.6 Å². The highest BCUT2D eigenvalue weighted by atomic mass is 28.4. The number of hydrogen-bond donors (Lipinski definition) is 0. The molecule has 0 spiro atoms. The third-order valence-electron chi connectivity index (χ3n) is 5.04. The molecule has 3 atom stereocenters. The van der Waals surface area contributed by atoms with Crippen LogP contribution in [0.2, 0.25) is 18.1 Å². The summed E-state index contributed by atoms with van der Waals surface area (Å²) in [5.74, 6) is -0.997. The average Bonchev–Trinajstić information content (AvgIpc) is 2.62. The lowest BCUT2D eigenvalue weighted by Crippen LogP contribution is -2.46. The fourth-order valence-electron chi connectivity index (χ4n) is 2.80. The van der Waals surface area contributed by atoms with Crippen molar-refractivity contribution in [2.75, 3.05) is 7.11 Å². The van der Waals surface area contributed by atoms with E-state index in [1.54, 1.807) is 0 Å². The van der Waals surface area contributed by atoms with Crippen molar-refractivity contribution in [3.63, 3.8) is 0 Å². The van der Waals surface area contributed by atoms with E-state index < -0.39 is 20.2 Å². The number of ether oxygens (including phenoxy) is 1. The molecule has 0 aliphatic heterocycles. The van der Waals surface area contributed by atoms with Crippen LogP contribution in [0, 0.1) is 17.8 Å². The number of Topliss-reactive ketones (excluding diaryl/α,β-unsaturated/α-hetero) is 1. The Morgan fingerprint density at radius 3 is 2.19 bits per heavy atom. The summed E-state index contributed by atoms with van der Waals surface area (Å²) in [5.41, 5.74) is 0. The van der Waals surface area contributed by atoms with Gasteiger partial charge in [0.05, 0.1) is 13.2 Å². The maximum Gasteiger partial charge on any atom is 0.316 e. The van der Waals surface area contributed by atoms with Gasteiger partial charge in [-0.2, -0.15) is 0 Å². The molecule has 0 amide bonds. The van der Waals surface area contributed by atoms with Crippen molar-refractivity contribution in [1.29, 1.82) is 0 Å². The maximum atomic E-state index is 12.3. The van der Waals surface area contributed by atoms with Crippen LogP contribution >= 0.6 is 0 Å². The molecule has 0 radical (unpaired) electrons. The molecule has 1 aliphatic rings. The Balaban J connectivity index is 3.03. The number of ketones is 1. The van der Waals surface area contributed by atoms with E-state index in [1.165, 1.54) is 7.11 Å². The second-order valence-corrected chi connectivity index (χ2v) is 12.7. The number of methoxy groups -OCH3 is 1. The summed E-state index contributed by atoms with van der Waals surface area (Å²) in [6.07, 6.45) is 0.164. The molecule has 0 saturated heterocycles. The minimum atomic E-state index is -1.97. The zero-order valence-electron chi connectivity index (χ0n) is 14.6. The van der Waals surface area contributed by atoms with Gasteiger partial charge < -0.3 is 9.16 Å². The van der Waals surface area contributed by atoms with Gasteiger partial charge in [0.2, 0.25) is 0 Å². The predicted molar refractivity (Wildman–Crippen MR) is 85.5 cm³/mol. The highest BCUT2D eigenvalue weighted by molar-refractivity contribution is 6.74. The SMILES string of the molecule is COC(=O)[C@@H]1C(=O)C[C@H](O[Si](C)(C)C(C)(C)C)[C@H]1C(C)C. The van der Waals surface area contributed by atoms with Gasteiger partial charge in [0.15, 0.2) is 8.32 Å². The number of rotatable bonds is 4. The van der Waals surface area contributed by atoms with Gasteiger partial charge in [-0.1, -0.05) is 34.6 Å². The first-order chi connectivity index (χ1) is 9.42. The average molecular weight is 314 g/mol. The van der Waals surface area contributed by atoms with Gasteiger partial charge in [0, 0.05) is 12.3 Å². The van der Waals surface area contributed by atoms with Gasteiger partial charge in [0.1, 0.15) is 11.7 Å². The molecule has 122 valence electrons. The third-order valence-corrected chi connectivity index (χ3v) is 9.54. The van der Waals surface area contributed by atoms with E-state index in [-0.39, 0.29) is 28.8 Å². The lowest BCUT2D eigenvalue weighted by atomic mass is 9.84. The summed E-state index contributed by atoms with van der Waals surface area (Å²) in [7, 11) is -0.624. The first-order valence-electron chi connectivity index (χ1n) is 7.70. The highest BCUT2D eigenvalue weighted by Gasteiger charge is 2.51. The van der Waals surface area contributed by atoms with E-state index in [1.807, 2.05) is 13.8 Å². The van der Waals surface area contributed by atoms with Crippen molar-refractivity contribution in [2.24, 2.45) is 17.8 Å². The zero-order chi connectivity index (χ0) is 16.6. The summed E-state index contributed by atoms with van der Waals surface area (Å²) in [5, 5.41) is 0.0843. The van der Waals surface area contributed by atoms with Crippen molar-refractivity contribution in [2.45, 2.75) is 65.3 Å². The van der Waals surface area contributed by atoms with Crippen molar-refractivity contribution in [3.8, 4) is 0 Å². The van der Waals surface area contributed by atoms with Gasteiger partial charge in [-0.3, -0.25) is 9.59 Å². The molecule has 1 saturated carbocycles. The van der Waals surface area contributed by atoms with Gasteiger partial charge >= 0.3 is 5.97 Å². The summed E-state index contributed by atoms with van der Waals surface area (Å²) in [6, 6.07) is 0. The second kappa shape index (κ2) is 6.21. The molecule has 5 heteroatoms. The molecule has 1 aliphatic carbocycles. The van der Waals surface area contributed by atoms with E-state index >= 15 is 0 Å². The third kappa shape index (κ3) is 3.75. The normalized spacial score (nSPS) is 27.3. The van der Waals surface area contributed by atoms with Gasteiger partial charge in [0.25, 0.3) is 0 Å². The molecule has 1 rings (SSSR count). The summed E-state index contributed by atoms with van der Waals surface area (Å²) >= 11 is 0. The quantitative estimate of drug-likeness (QED) is 0.453. The summed E-state index contributed by atoms with van der Waals surface area (Å²) in [4.78, 5) is 24.2. The van der Waals surface area contributed by atoms with Crippen LogP contribution in [0.5, 0.6) is 0 Å². The Bertz CT molecular complexity index is 409. The van der Waals surface area contributed by atoms with Crippen molar-refractivity contribution in [3.05, 3.63) is 0 Å². The van der Waals surface area contributed by atoms with Gasteiger partial charge in [-0.05, 0) is 24.1 Å². The van der Waals surface area contributed by atoms with E-state index in [0.717, 1.165) is 0 Å². The molecular weight excluding hydrogens is 284 g/mol. The molecule has 0 heterocycles. The number of esters is 1. The molecule has 0 aromatic carbocycles. The Morgan fingerprint density at radius 1 is 1.29 bits per heavy atom. The molecule has 4 nitrogen and oxygen atoms in total. The van der Waals surface area contributed by atoms with E-state index in [9.17, 15) is 9.59 Å². The van der Waals surface area contributed by atoms with Crippen LogP contribution in [-0.4, -0.2) is 33.3 Å². The van der Waals surface area contributed by atoms with Crippen molar-refractivity contribution < 1.29 is 18.8 Å². The van der Waals surface area contributed by atoms with Crippen molar-refractivity contribution in [1.82, 2.24) is 0 Å². The fraction of sp³-hybridized carbons (Fsp3) is 0.875. The monoisotopic (exact) mass is 314 g/mol. The summed E-state index contributed by atoms with van der Waals surface area (Å²) in [6.45, 7) is 15.0. The van der Waals surface area contributed by atoms with Gasteiger partial charge in [-0.25, -0.2) is 0 Å². The smallest absolute Gasteiger partial charge is 0.316 e. The lowest BCUT2D eigenvalue weighted by Gasteiger charge is -2.40. The molecule has 0 N–H and O–H groups in total. The Morgan fingerprint density at radius 2 is 1.81 bits per heavy atom. The molecule has 0 unspecified atom stereocenters. The van der Waals surface area contributed by atoms with Crippen LogP contribution in [-0.2, 0) is 18.8 Å². The molecule has 1 fully saturated rings. The van der Waals surface area contributed by atoms with E-state index in [0.29, 0.717) is 6.42 Å².